The quantitative estimate of drug-likeness (QED) is 0.862. The Morgan fingerprint density at radius 1 is 1.15 bits per heavy atom. The first kappa shape index (κ1) is 11.9. The van der Waals surface area contributed by atoms with Gasteiger partial charge in [-0.15, -0.1) is 5.10 Å². The third kappa shape index (κ3) is 1.82. The molecule has 20 heavy (non-hydrogen) atoms. The maximum Gasteiger partial charge on any atom is 0.268 e. The van der Waals surface area contributed by atoms with E-state index in [2.05, 4.69) is 20.2 Å². The molecule has 0 aromatic carbocycles. The van der Waals surface area contributed by atoms with Gasteiger partial charge in [0.2, 0.25) is 0 Å². The van der Waals surface area contributed by atoms with Crippen LogP contribution in [0.5, 0.6) is 0 Å². The molecule has 1 aromatic heterocycles. The molecule has 0 amide bonds. The molecule has 0 saturated heterocycles. The molecular weight excluding hydrogens is 254 g/mol. The van der Waals surface area contributed by atoms with Crippen molar-refractivity contribution < 1.29 is 4.79 Å². The van der Waals surface area contributed by atoms with E-state index in [9.17, 15) is 4.79 Å². The molecule has 104 valence electrons. The van der Waals surface area contributed by atoms with Crippen LogP contribution in [0.4, 0.5) is 5.95 Å². The Morgan fingerprint density at radius 3 is 2.65 bits per heavy atom. The highest BCUT2D eigenvalue weighted by Crippen LogP contribution is 2.39. The fourth-order valence-corrected chi connectivity index (χ4v) is 3.37. The molecule has 3 fully saturated rings. The van der Waals surface area contributed by atoms with E-state index in [0.717, 1.165) is 44.3 Å². The van der Waals surface area contributed by atoms with Gasteiger partial charge in [0.15, 0.2) is 5.78 Å². The summed E-state index contributed by atoms with van der Waals surface area (Å²) in [6.45, 7) is 0. The molecule has 6 nitrogen and oxygen atoms in total. The van der Waals surface area contributed by atoms with E-state index in [1.165, 1.54) is 0 Å². The Hall–Kier alpha value is -1.85. The zero-order valence-electron chi connectivity index (χ0n) is 11.2. The van der Waals surface area contributed by atoms with Crippen molar-refractivity contribution in [3.63, 3.8) is 0 Å². The van der Waals surface area contributed by atoms with Crippen LogP contribution in [0.2, 0.25) is 0 Å². The number of rotatable bonds is 2. The summed E-state index contributed by atoms with van der Waals surface area (Å²) in [6, 6.07) is 0. The van der Waals surface area contributed by atoms with Gasteiger partial charge in [0.05, 0.1) is 5.71 Å². The number of fused-ring (bicyclic) bond motifs is 1. The molecule has 2 unspecified atom stereocenters. The largest absolute Gasteiger partial charge is 0.296 e. The van der Waals surface area contributed by atoms with Crippen molar-refractivity contribution in [3.05, 3.63) is 5.82 Å². The van der Waals surface area contributed by atoms with Crippen molar-refractivity contribution in [2.75, 3.05) is 0 Å². The first-order valence-electron chi connectivity index (χ1n) is 7.38. The Balaban J connectivity index is 1.66. The van der Waals surface area contributed by atoms with Crippen LogP contribution in [0.3, 0.4) is 0 Å². The first-order chi connectivity index (χ1) is 9.74. The Labute approximate surface area is 116 Å². The molecule has 2 atom stereocenters. The number of aromatic nitrogens is 3. The van der Waals surface area contributed by atoms with E-state index in [4.69, 9.17) is 5.41 Å². The van der Waals surface area contributed by atoms with Gasteiger partial charge in [0, 0.05) is 17.8 Å². The number of Topliss-reactive ketones (excluding diaryl/α,β-unsaturated/α-hetero) is 1. The maximum absolute atomic E-state index is 12.1. The molecule has 4 rings (SSSR count). The summed E-state index contributed by atoms with van der Waals surface area (Å²) in [5, 5.41) is 15.0. The third-order valence-electron chi connectivity index (χ3n) is 4.63. The van der Waals surface area contributed by atoms with E-state index < -0.39 is 0 Å². The van der Waals surface area contributed by atoms with Crippen molar-refractivity contribution in [2.24, 2.45) is 16.8 Å². The van der Waals surface area contributed by atoms with Crippen LogP contribution in [0, 0.1) is 17.2 Å². The number of aromatic amines is 1. The topological polar surface area (TPSA) is 94.9 Å². The number of carbonyl (C=O) groups is 1. The normalized spacial score (nSPS) is 31.9. The second-order valence-electron chi connectivity index (χ2n) is 6.03. The van der Waals surface area contributed by atoms with E-state index in [1.54, 1.807) is 0 Å². The van der Waals surface area contributed by atoms with Crippen molar-refractivity contribution in [2.45, 2.75) is 44.4 Å². The SMILES string of the molecule is N=C1C(=O)C2CCCCC2C1=Nc1n[nH]c(C2CC2)n1. The number of aliphatic imine (C=N–C) groups is 1. The van der Waals surface area contributed by atoms with Gasteiger partial charge >= 0.3 is 0 Å². The van der Waals surface area contributed by atoms with Gasteiger partial charge in [-0.1, -0.05) is 12.8 Å². The number of hydrogen-bond donors (Lipinski definition) is 2. The Morgan fingerprint density at radius 2 is 1.90 bits per heavy atom. The van der Waals surface area contributed by atoms with Gasteiger partial charge in [0.1, 0.15) is 11.5 Å². The molecule has 3 aliphatic carbocycles. The number of hydrogen-bond acceptors (Lipinski definition) is 5. The first-order valence-corrected chi connectivity index (χ1v) is 7.38. The fourth-order valence-electron chi connectivity index (χ4n) is 3.37. The van der Waals surface area contributed by atoms with Gasteiger partial charge in [-0.25, -0.2) is 4.99 Å². The van der Waals surface area contributed by atoms with E-state index >= 15 is 0 Å². The highest BCUT2D eigenvalue weighted by Gasteiger charge is 2.45. The molecule has 1 heterocycles. The lowest BCUT2D eigenvalue weighted by Gasteiger charge is -2.22. The minimum absolute atomic E-state index is 0.0168. The monoisotopic (exact) mass is 271 g/mol. The van der Waals surface area contributed by atoms with E-state index in [-0.39, 0.29) is 23.3 Å². The molecule has 0 radical (unpaired) electrons. The van der Waals surface area contributed by atoms with Crippen LogP contribution in [0.25, 0.3) is 0 Å². The summed E-state index contributed by atoms with van der Waals surface area (Å²) >= 11 is 0. The zero-order valence-corrected chi connectivity index (χ0v) is 11.2. The summed E-state index contributed by atoms with van der Waals surface area (Å²) < 4.78 is 0. The predicted octanol–water partition coefficient (Wildman–Crippen LogP) is 2.16. The highest BCUT2D eigenvalue weighted by molar-refractivity contribution is 6.70. The van der Waals surface area contributed by atoms with Crippen LogP contribution in [-0.4, -0.2) is 32.4 Å². The lowest BCUT2D eigenvalue weighted by atomic mass is 9.81. The predicted molar refractivity (Wildman–Crippen MR) is 73.6 cm³/mol. The van der Waals surface area contributed by atoms with Crippen LogP contribution >= 0.6 is 0 Å². The third-order valence-corrected chi connectivity index (χ3v) is 4.63. The highest BCUT2D eigenvalue weighted by atomic mass is 16.1. The lowest BCUT2D eigenvalue weighted by Crippen LogP contribution is -2.21. The van der Waals surface area contributed by atoms with Crippen molar-refractivity contribution in [1.29, 1.82) is 5.41 Å². The molecule has 0 bridgehead atoms. The average molecular weight is 271 g/mol. The van der Waals surface area contributed by atoms with Crippen LogP contribution in [0.1, 0.15) is 50.3 Å². The molecule has 3 aliphatic rings. The van der Waals surface area contributed by atoms with Crippen LogP contribution in [-0.2, 0) is 4.79 Å². The van der Waals surface area contributed by atoms with Crippen LogP contribution < -0.4 is 0 Å². The second-order valence-corrected chi connectivity index (χ2v) is 6.03. The van der Waals surface area contributed by atoms with Crippen molar-refractivity contribution in [3.8, 4) is 0 Å². The van der Waals surface area contributed by atoms with Gasteiger partial charge < -0.3 is 0 Å². The van der Waals surface area contributed by atoms with Gasteiger partial charge in [-0.3, -0.25) is 15.3 Å². The molecular formula is C14H17N5O. The molecule has 0 spiro atoms. The molecule has 2 N–H and O–H groups in total. The van der Waals surface area contributed by atoms with Crippen molar-refractivity contribution >= 4 is 23.2 Å². The zero-order chi connectivity index (χ0) is 13.7. The number of nitrogens with one attached hydrogen (secondary N) is 2. The summed E-state index contributed by atoms with van der Waals surface area (Å²) in [6.07, 6.45) is 6.36. The van der Waals surface area contributed by atoms with Gasteiger partial charge in [-0.05, 0) is 25.7 Å². The summed E-state index contributed by atoms with van der Waals surface area (Å²) in [5.74, 6) is 1.84. The second kappa shape index (κ2) is 4.33. The van der Waals surface area contributed by atoms with Gasteiger partial charge in [-0.2, -0.15) is 4.98 Å². The fraction of sp³-hybridized carbons (Fsp3) is 0.643. The number of ketones is 1. The van der Waals surface area contributed by atoms with Gasteiger partial charge in [0.25, 0.3) is 5.95 Å². The minimum atomic E-state index is -0.0357. The number of H-pyrrole nitrogens is 1. The Bertz CT molecular complexity index is 613. The standard InChI is InChI=1S/C14H17N5O/c15-10-11(8-3-1-2-4-9(8)12(10)20)16-14-17-13(18-19-14)7-5-6-7/h7-9,15H,1-6H2,(H,17,18,19). The van der Waals surface area contributed by atoms with E-state index in [0.29, 0.717) is 17.6 Å². The van der Waals surface area contributed by atoms with Crippen molar-refractivity contribution in [1.82, 2.24) is 15.2 Å². The Kier molecular flexibility index (Phi) is 2.58. The molecule has 6 heteroatoms. The summed E-state index contributed by atoms with van der Waals surface area (Å²) in [4.78, 5) is 20.9. The lowest BCUT2D eigenvalue weighted by molar-refractivity contribution is -0.117. The summed E-state index contributed by atoms with van der Waals surface area (Å²) in [5.41, 5.74) is 0.695. The molecule has 3 saturated carbocycles. The minimum Gasteiger partial charge on any atom is -0.296 e. The summed E-state index contributed by atoms with van der Waals surface area (Å²) in [7, 11) is 0. The maximum atomic E-state index is 12.1. The van der Waals surface area contributed by atoms with Crippen LogP contribution in [0.15, 0.2) is 4.99 Å². The smallest absolute Gasteiger partial charge is 0.268 e. The average Bonchev–Trinajstić information content (AvgIpc) is 3.18. The number of carbonyl (C=O) groups excluding carboxylic acids is 1. The van der Waals surface area contributed by atoms with E-state index in [1.807, 2.05) is 0 Å². The number of nitrogens with zero attached hydrogens (tertiary/aromatic N) is 3. The molecule has 0 aliphatic heterocycles. The molecule has 1 aromatic rings.